The monoisotopic (exact) mass is 186 g/mol. The molecule has 0 aliphatic heterocycles. The van der Waals surface area contributed by atoms with Gasteiger partial charge in [-0.3, -0.25) is 0 Å². The zero-order valence-electron chi connectivity index (χ0n) is 9.55. The van der Waals surface area contributed by atoms with Gasteiger partial charge in [-0.1, -0.05) is 52.9 Å². The van der Waals surface area contributed by atoms with E-state index in [1.165, 1.54) is 32.1 Å². The van der Waals surface area contributed by atoms with Crippen LogP contribution in [0.15, 0.2) is 0 Å². The highest BCUT2D eigenvalue weighted by Crippen LogP contribution is 2.23. The lowest BCUT2D eigenvalue weighted by atomic mass is 9.86. The van der Waals surface area contributed by atoms with Crippen molar-refractivity contribution < 1.29 is 5.11 Å². The summed E-state index contributed by atoms with van der Waals surface area (Å²) in [6.07, 6.45) is 7.53. The Morgan fingerprint density at radius 2 is 1.62 bits per heavy atom. The first kappa shape index (κ1) is 13.0. The number of rotatable bonds is 8. The van der Waals surface area contributed by atoms with Crippen LogP contribution in [0.25, 0.3) is 0 Å². The first-order chi connectivity index (χ1) is 6.22. The van der Waals surface area contributed by atoms with Crippen LogP contribution in [0.1, 0.15) is 59.3 Å². The molecular formula is C12H26O. The Morgan fingerprint density at radius 1 is 1.00 bits per heavy atom. The highest BCUT2D eigenvalue weighted by atomic mass is 16.2. The quantitative estimate of drug-likeness (QED) is 0.574. The van der Waals surface area contributed by atoms with Crippen molar-refractivity contribution in [2.75, 3.05) is 6.61 Å². The fourth-order valence-corrected chi connectivity index (χ4v) is 1.80. The van der Waals surface area contributed by atoms with Crippen molar-refractivity contribution >= 4 is 0 Å². The average molecular weight is 186 g/mol. The van der Waals surface area contributed by atoms with Crippen molar-refractivity contribution in [3.8, 4) is 0 Å². The number of hydrogen-bond donors (Lipinski definition) is 1. The normalized spacial score (nSPS) is 13.6. The first-order valence-electron chi connectivity index (χ1n) is 5.83. The highest BCUT2D eigenvalue weighted by Gasteiger charge is 2.11. The highest BCUT2D eigenvalue weighted by molar-refractivity contribution is 4.63. The minimum atomic E-state index is 0.360. The molecule has 1 nitrogen and oxygen atoms in total. The minimum Gasteiger partial charge on any atom is -0.396 e. The van der Waals surface area contributed by atoms with Gasteiger partial charge in [0.05, 0.1) is 0 Å². The van der Waals surface area contributed by atoms with Crippen molar-refractivity contribution in [3.63, 3.8) is 0 Å². The van der Waals surface area contributed by atoms with Crippen LogP contribution >= 0.6 is 0 Å². The summed E-state index contributed by atoms with van der Waals surface area (Å²) in [5.41, 5.74) is 0. The standard InChI is InChI=1S/C12H26O/c1-4-5-8-12(11(2)3)9-6-7-10-13/h11-13H,4-10H2,1-3H3. The summed E-state index contributed by atoms with van der Waals surface area (Å²) >= 11 is 0. The molecule has 0 aromatic carbocycles. The molecule has 0 bridgehead atoms. The summed E-state index contributed by atoms with van der Waals surface area (Å²) in [6.45, 7) is 7.25. The van der Waals surface area contributed by atoms with Gasteiger partial charge in [0.25, 0.3) is 0 Å². The van der Waals surface area contributed by atoms with Crippen LogP contribution in [-0.2, 0) is 0 Å². The van der Waals surface area contributed by atoms with Crippen molar-refractivity contribution in [1.82, 2.24) is 0 Å². The maximum Gasteiger partial charge on any atom is 0.0431 e. The molecule has 0 heterocycles. The summed E-state index contributed by atoms with van der Waals surface area (Å²) in [7, 11) is 0. The van der Waals surface area contributed by atoms with Gasteiger partial charge in [-0.15, -0.1) is 0 Å². The van der Waals surface area contributed by atoms with Crippen molar-refractivity contribution in [2.24, 2.45) is 11.8 Å². The van der Waals surface area contributed by atoms with Crippen molar-refractivity contribution in [3.05, 3.63) is 0 Å². The van der Waals surface area contributed by atoms with Gasteiger partial charge in [-0.05, 0) is 18.3 Å². The Morgan fingerprint density at radius 3 is 2.08 bits per heavy atom. The van der Waals surface area contributed by atoms with Crippen molar-refractivity contribution in [2.45, 2.75) is 59.3 Å². The molecule has 1 N–H and O–H groups in total. The van der Waals surface area contributed by atoms with Gasteiger partial charge in [-0.2, -0.15) is 0 Å². The zero-order valence-corrected chi connectivity index (χ0v) is 9.55. The Hall–Kier alpha value is -0.0400. The lowest BCUT2D eigenvalue weighted by Crippen LogP contribution is -2.08. The smallest absolute Gasteiger partial charge is 0.0431 e. The van der Waals surface area contributed by atoms with E-state index in [2.05, 4.69) is 20.8 Å². The van der Waals surface area contributed by atoms with E-state index in [0.29, 0.717) is 6.61 Å². The number of hydrogen-bond acceptors (Lipinski definition) is 1. The predicted octanol–water partition coefficient (Wildman–Crippen LogP) is 3.61. The molecule has 0 spiro atoms. The van der Waals surface area contributed by atoms with Gasteiger partial charge in [0.15, 0.2) is 0 Å². The topological polar surface area (TPSA) is 20.2 Å². The fourth-order valence-electron chi connectivity index (χ4n) is 1.80. The summed E-state index contributed by atoms with van der Waals surface area (Å²) in [6, 6.07) is 0. The Kier molecular flexibility index (Phi) is 8.53. The Balaban J connectivity index is 3.54. The van der Waals surface area contributed by atoms with E-state index >= 15 is 0 Å². The maximum absolute atomic E-state index is 8.69. The van der Waals surface area contributed by atoms with Gasteiger partial charge in [-0.25, -0.2) is 0 Å². The third kappa shape index (κ3) is 7.06. The van der Waals surface area contributed by atoms with E-state index in [1.54, 1.807) is 0 Å². The van der Waals surface area contributed by atoms with Gasteiger partial charge in [0.1, 0.15) is 0 Å². The second kappa shape index (κ2) is 8.55. The van der Waals surface area contributed by atoms with E-state index in [1.807, 2.05) is 0 Å². The van der Waals surface area contributed by atoms with E-state index in [9.17, 15) is 0 Å². The van der Waals surface area contributed by atoms with E-state index < -0.39 is 0 Å². The number of aliphatic hydroxyl groups is 1. The molecule has 80 valence electrons. The molecule has 1 atom stereocenters. The molecule has 0 fully saturated rings. The number of aliphatic hydroxyl groups excluding tert-OH is 1. The first-order valence-corrected chi connectivity index (χ1v) is 5.83. The van der Waals surface area contributed by atoms with Gasteiger partial charge >= 0.3 is 0 Å². The molecule has 0 saturated carbocycles. The van der Waals surface area contributed by atoms with E-state index in [-0.39, 0.29) is 0 Å². The molecule has 0 aromatic rings. The predicted molar refractivity (Wildman–Crippen MR) is 58.8 cm³/mol. The molecule has 0 saturated heterocycles. The third-order valence-electron chi connectivity index (χ3n) is 2.85. The second-order valence-corrected chi connectivity index (χ2v) is 4.37. The molecular weight excluding hydrogens is 160 g/mol. The minimum absolute atomic E-state index is 0.360. The summed E-state index contributed by atoms with van der Waals surface area (Å²) < 4.78 is 0. The molecule has 1 heteroatoms. The van der Waals surface area contributed by atoms with Crippen LogP contribution in [0.4, 0.5) is 0 Å². The van der Waals surface area contributed by atoms with E-state index in [4.69, 9.17) is 5.11 Å². The van der Waals surface area contributed by atoms with Crippen LogP contribution in [0, 0.1) is 11.8 Å². The van der Waals surface area contributed by atoms with Crippen LogP contribution < -0.4 is 0 Å². The van der Waals surface area contributed by atoms with Crippen molar-refractivity contribution in [1.29, 1.82) is 0 Å². The fraction of sp³-hybridized carbons (Fsp3) is 1.00. The average Bonchev–Trinajstić information content (AvgIpc) is 2.10. The van der Waals surface area contributed by atoms with Crippen LogP contribution in [-0.4, -0.2) is 11.7 Å². The van der Waals surface area contributed by atoms with Gasteiger partial charge < -0.3 is 5.11 Å². The lowest BCUT2D eigenvalue weighted by Gasteiger charge is -2.20. The second-order valence-electron chi connectivity index (χ2n) is 4.37. The third-order valence-corrected chi connectivity index (χ3v) is 2.85. The van der Waals surface area contributed by atoms with E-state index in [0.717, 1.165) is 18.3 Å². The zero-order chi connectivity index (χ0) is 10.1. The molecule has 0 radical (unpaired) electrons. The molecule has 0 rings (SSSR count). The Bertz CT molecular complexity index is 99.3. The summed E-state index contributed by atoms with van der Waals surface area (Å²) in [5.74, 6) is 1.69. The molecule has 0 aliphatic rings. The molecule has 13 heavy (non-hydrogen) atoms. The van der Waals surface area contributed by atoms with Crippen LogP contribution in [0.3, 0.4) is 0 Å². The number of unbranched alkanes of at least 4 members (excludes halogenated alkanes) is 2. The Labute approximate surface area is 83.5 Å². The van der Waals surface area contributed by atoms with Gasteiger partial charge in [0.2, 0.25) is 0 Å². The molecule has 1 unspecified atom stereocenters. The SMILES string of the molecule is CCCCC(CCCCO)C(C)C. The molecule has 0 aromatic heterocycles. The largest absolute Gasteiger partial charge is 0.396 e. The molecule has 0 amide bonds. The maximum atomic E-state index is 8.69. The lowest BCUT2D eigenvalue weighted by molar-refractivity contribution is 0.263. The summed E-state index contributed by atoms with van der Waals surface area (Å²) in [4.78, 5) is 0. The van der Waals surface area contributed by atoms with Crippen LogP contribution in [0.2, 0.25) is 0 Å². The van der Waals surface area contributed by atoms with Gasteiger partial charge in [0, 0.05) is 6.61 Å². The van der Waals surface area contributed by atoms with Crippen LogP contribution in [0.5, 0.6) is 0 Å². The molecule has 0 aliphatic carbocycles. The summed E-state index contributed by atoms with van der Waals surface area (Å²) in [5, 5.41) is 8.69.